The Kier molecular flexibility index (Phi) is 12.3. The van der Waals surface area contributed by atoms with Crippen LogP contribution in [0, 0.1) is 0 Å². The van der Waals surface area contributed by atoms with Gasteiger partial charge in [-0.2, -0.15) is 0 Å². The van der Waals surface area contributed by atoms with Crippen molar-refractivity contribution in [2.75, 3.05) is 77.9 Å². The minimum absolute atomic E-state index is 0.00238. The number of piperazine rings is 1. The summed E-state index contributed by atoms with van der Waals surface area (Å²) >= 11 is 0. The SMILES string of the molecule is Bc1cc(C[C@@H](OC(=O)N2CCC(N3CCc4ccccc4NC3=O)CC2)C(=O)N2CCN(C3CCN(CC(=O)NOC)CC3)CC2)cc(B)c1O. The molecule has 0 unspecified atom stereocenters. The number of urea groups is 1. The molecular formula is C36H51B2N7O7. The molecule has 52 heavy (non-hydrogen) atoms. The number of fused-ring (bicyclic) bond motifs is 1. The van der Waals surface area contributed by atoms with Crippen molar-refractivity contribution < 1.29 is 33.9 Å². The van der Waals surface area contributed by atoms with Crippen molar-refractivity contribution in [3.63, 3.8) is 0 Å². The van der Waals surface area contributed by atoms with E-state index in [1.165, 1.54) is 7.11 Å². The van der Waals surface area contributed by atoms with Crippen LogP contribution in [0.25, 0.3) is 0 Å². The first kappa shape index (κ1) is 37.5. The number of ether oxygens (including phenoxy) is 1. The lowest BCUT2D eigenvalue weighted by Crippen LogP contribution is -2.57. The molecule has 0 aromatic heterocycles. The second-order valence-corrected chi connectivity index (χ2v) is 14.5. The maximum Gasteiger partial charge on any atom is 0.410 e. The number of carbonyl (C=O) groups excluding carboxylic acids is 4. The van der Waals surface area contributed by atoms with Gasteiger partial charge in [-0.05, 0) is 60.2 Å². The van der Waals surface area contributed by atoms with Gasteiger partial charge in [0.25, 0.3) is 11.8 Å². The number of nitrogens with one attached hydrogen (secondary N) is 2. The topological polar surface area (TPSA) is 147 Å². The van der Waals surface area contributed by atoms with Crippen LogP contribution in [0.1, 0.15) is 36.8 Å². The second kappa shape index (κ2) is 17.0. The van der Waals surface area contributed by atoms with Crippen molar-refractivity contribution in [1.29, 1.82) is 0 Å². The van der Waals surface area contributed by atoms with Crippen LogP contribution in [0.15, 0.2) is 36.4 Å². The number of anilines is 1. The van der Waals surface area contributed by atoms with Gasteiger partial charge in [0.1, 0.15) is 21.4 Å². The van der Waals surface area contributed by atoms with Gasteiger partial charge in [0.05, 0.1) is 13.7 Å². The molecule has 1 atom stereocenters. The summed E-state index contributed by atoms with van der Waals surface area (Å²) in [6.07, 6.45) is 2.55. The quantitative estimate of drug-likeness (QED) is 0.215. The van der Waals surface area contributed by atoms with E-state index in [9.17, 15) is 24.3 Å². The van der Waals surface area contributed by atoms with E-state index >= 15 is 0 Å². The lowest BCUT2D eigenvalue weighted by molar-refractivity contribution is -0.143. The van der Waals surface area contributed by atoms with Crippen LogP contribution in [0.5, 0.6) is 5.75 Å². The zero-order valence-corrected chi connectivity index (χ0v) is 30.6. The predicted octanol–water partition coefficient (Wildman–Crippen LogP) is -1.20. The summed E-state index contributed by atoms with van der Waals surface area (Å²) in [6, 6.07) is 11.8. The normalized spacial score (nSPS) is 20.1. The van der Waals surface area contributed by atoms with Crippen LogP contribution >= 0.6 is 0 Å². The fourth-order valence-corrected chi connectivity index (χ4v) is 8.15. The number of phenolic OH excluding ortho intramolecular Hbond substituents is 1. The summed E-state index contributed by atoms with van der Waals surface area (Å²) < 4.78 is 6.07. The Labute approximate surface area is 307 Å². The minimum Gasteiger partial charge on any atom is -0.509 e. The number of para-hydroxylation sites is 1. The number of benzene rings is 2. The summed E-state index contributed by atoms with van der Waals surface area (Å²) in [7, 11) is 5.07. The molecule has 5 amide bonds. The van der Waals surface area contributed by atoms with E-state index < -0.39 is 12.2 Å². The monoisotopic (exact) mass is 715 g/mol. The average Bonchev–Trinajstić information content (AvgIpc) is 3.31. The number of hydroxylamine groups is 1. The van der Waals surface area contributed by atoms with Crippen LogP contribution in [0.3, 0.4) is 0 Å². The molecule has 4 heterocycles. The van der Waals surface area contributed by atoms with Crippen molar-refractivity contribution in [2.45, 2.75) is 56.7 Å². The Morgan fingerprint density at radius 1 is 0.904 bits per heavy atom. The molecule has 0 aliphatic carbocycles. The molecule has 0 spiro atoms. The molecule has 4 aliphatic heterocycles. The summed E-state index contributed by atoms with van der Waals surface area (Å²) in [6.45, 7) is 5.92. The van der Waals surface area contributed by atoms with Crippen LogP contribution in [0.4, 0.5) is 15.3 Å². The van der Waals surface area contributed by atoms with Crippen LogP contribution in [-0.4, -0.2) is 160 Å². The number of rotatable bonds is 9. The predicted molar refractivity (Wildman–Crippen MR) is 202 cm³/mol. The van der Waals surface area contributed by atoms with E-state index in [1.807, 2.05) is 57.0 Å². The van der Waals surface area contributed by atoms with Gasteiger partial charge < -0.3 is 29.9 Å². The van der Waals surface area contributed by atoms with Gasteiger partial charge in [0.2, 0.25) is 0 Å². The van der Waals surface area contributed by atoms with Crippen molar-refractivity contribution in [3.05, 3.63) is 47.5 Å². The van der Waals surface area contributed by atoms with Crippen molar-refractivity contribution in [1.82, 2.24) is 30.0 Å². The highest BCUT2D eigenvalue weighted by atomic mass is 16.6. The van der Waals surface area contributed by atoms with E-state index in [1.54, 1.807) is 9.80 Å². The third kappa shape index (κ3) is 9.02. The highest BCUT2D eigenvalue weighted by Gasteiger charge is 2.36. The Morgan fingerprint density at radius 2 is 1.56 bits per heavy atom. The molecule has 16 heteroatoms. The highest BCUT2D eigenvalue weighted by Crippen LogP contribution is 2.25. The molecule has 6 rings (SSSR count). The molecule has 0 saturated carbocycles. The fraction of sp³-hybridized carbons (Fsp3) is 0.556. The van der Waals surface area contributed by atoms with Gasteiger partial charge in [-0.25, -0.2) is 15.1 Å². The first-order chi connectivity index (χ1) is 25.1. The zero-order valence-electron chi connectivity index (χ0n) is 30.6. The second-order valence-electron chi connectivity index (χ2n) is 14.5. The van der Waals surface area contributed by atoms with Crippen molar-refractivity contribution in [3.8, 4) is 5.75 Å². The zero-order chi connectivity index (χ0) is 36.8. The van der Waals surface area contributed by atoms with Crippen LogP contribution in [-0.2, 0) is 32.0 Å². The highest BCUT2D eigenvalue weighted by molar-refractivity contribution is 6.41. The van der Waals surface area contributed by atoms with Gasteiger partial charge in [-0.1, -0.05) is 30.3 Å². The summed E-state index contributed by atoms with van der Waals surface area (Å²) in [5.74, 6) is -0.154. The van der Waals surface area contributed by atoms with Gasteiger partial charge in [-0.3, -0.25) is 24.2 Å². The molecular weight excluding hydrogens is 664 g/mol. The first-order valence-corrected chi connectivity index (χ1v) is 18.6. The maximum atomic E-state index is 14.1. The van der Waals surface area contributed by atoms with Crippen LogP contribution < -0.4 is 21.7 Å². The standard InChI is InChI=1S/C36H51B2N7O7/c1-51-40-32(46)23-41-11-7-26(8-12-41)42-16-18-43(19-17-42)34(48)31(22-24-20-28(37)33(47)29(38)21-24)52-36(50)44-13-9-27(10-14-44)45-15-6-25-4-2-3-5-30(25)39-35(45)49/h2-5,20-21,26-27,31,47H,6-19,22-23,37-38H2,1H3,(H,39,49)(H,40,46)/t31-/m1/s1. The summed E-state index contributed by atoms with van der Waals surface area (Å²) in [4.78, 5) is 67.4. The van der Waals surface area contributed by atoms with Crippen molar-refractivity contribution >= 4 is 56.2 Å². The van der Waals surface area contributed by atoms with E-state index in [-0.39, 0.29) is 36.1 Å². The number of hydrogen-bond donors (Lipinski definition) is 3. The molecule has 3 N–H and O–H groups in total. The molecule has 3 fully saturated rings. The number of likely N-dealkylation sites (tertiary alicyclic amines) is 2. The van der Waals surface area contributed by atoms with Crippen LogP contribution in [0.2, 0.25) is 0 Å². The third-order valence-corrected chi connectivity index (χ3v) is 11.1. The Balaban J connectivity index is 1.05. The molecule has 278 valence electrons. The molecule has 2 aromatic carbocycles. The lowest BCUT2D eigenvalue weighted by Gasteiger charge is -2.43. The number of hydrogen-bond acceptors (Lipinski definition) is 9. The lowest BCUT2D eigenvalue weighted by atomic mass is 9.83. The molecule has 0 radical (unpaired) electrons. The minimum atomic E-state index is -1.02. The first-order valence-electron chi connectivity index (χ1n) is 18.6. The number of carbonyl (C=O) groups is 4. The Morgan fingerprint density at radius 3 is 2.23 bits per heavy atom. The van der Waals surface area contributed by atoms with E-state index in [2.05, 4.69) is 20.6 Å². The number of piperidine rings is 2. The number of aromatic hydroxyl groups is 1. The summed E-state index contributed by atoms with van der Waals surface area (Å²) in [5, 5.41) is 13.4. The van der Waals surface area contributed by atoms with Gasteiger partial charge >= 0.3 is 12.1 Å². The molecule has 2 aromatic rings. The van der Waals surface area contributed by atoms with Crippen molar-refractivity contribution in [2.24, 2.45) is 0 Å². The van der Waals surface area contributed by atoms with Gasteiger partial charge in [-0.15, -0.1) is 0 Å². The van der Waals surface area contributed by atoms with Gasteiger partial charge in [0, 0.05) is 83.1 Å². The largest absolute Gasteiger partial charge is 0.509 e. The Hall–Kier alpha value is -4.27. The van der Waals surface area contributed by atoms with Gasteiger partial charge in [0.15, 0.2) is 6.10 Å². The number of amides is 5. The smallest absolute Gasteiger partial charge is 0.410 e. The molecule has 4 aliphatic rings. The fourth-order valence-electron chi connectivity index (χ4n) is 8.15. The van der Waals surface area contributed by atoms with E-state index in [4.69, 9.17) is 9.57 Å². The molecule has 14 nitrogen and oxygen atoms in total. The number of phenols is 1. The Bertz CT molecular complexity index is 1590. The third-order valence-electron chi connectivity index (χ3n) is 11.1. The number of nitrogens with zero attached hydrogens (tertiary/aromatic N) is 5. The summed E-state index contributed by atoms with van der Waals surface area (Å²) in [5.41, 5.74) is 6.56. The average molecular weight is 715 g/mol. The van der Waals surface area contributed by atoms with E-state index in [0.717, 1.165) is 62.3 Å². The maximum absolute atomic E-state index is 14.1. The van der Waals surface area contributed by atoms with E-state index in [0.29, 0.717) is 69.1 Å². The molecule has 0 bridgehead atoms. The molecule has 3 saturated heterocycles.